The molecule has 100 valence electrons. The molecule has 0 radical (unpaired) electrons. The van der Waals surface area contributed by atoms with Crippen molar-refractivity contribution in [3.63, 3.8) is 0 Å². The zero-order chi connectivity index (χ0) is 13.6. The fourth-order valence-corrected chi connectivity index (χ4v) is 3.23. The second kappa shape index (κ2) is 4.33. The van der Waals surface area contributed by atoms with Gasteiger partial charge in [-0.1, -0.05) is 6.92 Å². The van der Waals surface area contributed by atoms with Crippen molar-refractivity contribution in [2.45, 2.75) is 25.7 Å². The largest absolute Gasteiger partial charge is 0.481 e. The van der Waals surface area contributed by atoms with Gasteiger partial charge in [-0.15, -0.1) is 0 Å². The van der Waals surface area contributed by atoms with E-state index in [0.717, 1.165) is 24.2 Å². The summed E-state index contributed by atoms with van der Waals surface area (Å²) in [5.41, 5.74) is 1.66. The Hall–Kier alpha value is -1.91. The smallest absolute Gasteiger partial charge is 0.307 e. The lowest BCUT2D eigenvalue weighted by molar-refractivity contribution is -0.142. The van der Waals surface area contributed by atoms with Gasteiger partial charge in [-0.25, -0.2) is 9.97 Å². The summed E-state index contributed by atoms with van der Waals surface area (Å²) in [6.45, 7) is 2.11. The molecule has 0 aliphatic heterocycles. The molecule has 3 atom stereocenters. The third-order valence-corrected chi connectivity index (χ3v) is 4.14. The minimum absolute atomic E-state index is 0.00769. The summed E-state index contributed by atoms with van der Waals surface area (Å²) in [6, 6.07) is 3.84. The van der Waals surface area contributed by atoms with Crippen LogP contribution in [0.3, 0.4) is 0 Å². The molecule has 2 aromatic rings. The van der Waals surface area contributed by atoms with Crippen LogP contribution in [0.2, 0.25) is 0 Å². The monoisotopic (exact) mass is 259 g/mol. The van der Waals surface area contributed by atoms with E-state index in [1.165, 1.54) is 0 Å². The van der Waals surface area contributed by atoms with Crippen LogP contribution in [0.25, 0.3) is 11.2 Å². The number of fused-ring (bicyclic) bond motifs is 1. The number of hydrogen-bond donors (Lipinski definition) is 1. The molecule has 1 fully saturated rings. The van der Waals surface area contributed by atoms with Crippen LogP contribution >= 0.6 is 0 Å². The van der Waals surface area contributed by atoms with Gasteiger partial charge in [0.25, 0.3) is 0 Å². The molecule has 1 N–H and O–H groups in total. The quantitative estimate of drug-likeness (QED) is 0.897. The van der Waals surface area contributed by atoms with Gasteiger partial charge in [0.2, 0.25) is 0 Å². The number of rotatable bonds is 2. The van der Waals surface area contributed by atoms with Gasteiger partial charge in [-0.2, -0.15) is 0 Å². The van der Waals surface area contributed by atoms with E-state index in [0.29, 0.717) is 11.6 Å². The van der Waals surface area contributed by atoms with Crippen LogP contribution in [-0.2, 0) is 11.8 Å². The lowest BCUT2D eigenvalue weighted by Gasteiger charge is -2.15. The second-order valence-corrected chi connectivity index (χ2v) is 5.50. The Bertz CT molecular complexity index is 635. The molecule has 5 nitrogen and oxygen atoms in total. The minimum atomic E-state index is -0.714. The van der Waals surface area contributed by atoms with Gasteiger partial charge in [0, 0.05) is 19.2 Å². The third-order valence-electron chi connectivity index (χ3n) is 4.14. The topological polar surface area (TPSA) is 68.0 Å². The van der Waals surface area contributed by atoms with Crippen molar-refractivity contribution in [2.75, 3.05) is 0 Å². The molecule has 5 heteroatoms. The molecule has 1 aliphatic carbocycles. The van der Waals surface area contributed by atoms with Crippen LogP contribution in [0.5, 0.6) is 0 Å². The van der Waals surface area contributed by atoms with Crippen LogP contribution < -0.4 is 0 Å². The number of carbonyl (C=O) groups is 1. The first-order chi connectivity index (χ1) is 9.08. The predicted molar refractivity (Wildman–Crippen MR) is 70.8 cm³/mol. The van der Waals surface area contributed by atoms with Gasteiger partial charge >= 0.3 is 5.97 Å². The number of aryl methyl sites for hydroxylation is 1. The first-order valence-electron chi connectivity index (χ1n) is 6.58. The van der Waals surface area contributed by atoms with E-state index in [9.17, 15) is 9.90 Å². The normalized spacial score (nSPS) is 26.9. The van der Waals surface area contributed by atoms with Crippen molar-refractivity contribution in [2.24, 2.45) is 18.9 Å². The molecule has 1 aliphatic rings. The summed E-state index contributed by atoms with van der Waals surface area (Å²) in [5.74, 6) is 0.232. The Balaban J connectivity index is 2.08. The average molecular weight is 259 g/mol. The Morgan fingerprint density at radius 1 is 1.47 bits per heavy atom. The van der Waals surface area contributed by atoms with Crippen LogP contribution in [0.1, 0.15) is 31.5 Å². The predicted octanol–water partition coefficient (Wildman–Crippen LogP) is 2.18. The molecule has 0 aromatic carbocycles. The van der Waals surface area contributed by atoms with E-state index in [-0.39, 0.29) is 11.8 Å². The molecule has 2 aromatic heterocycles. The Labute approximate surface area is 111 Å². The van der Waals surface area contributed by atoms with E-state index < -0.39 is 5.97 Å². The third kappa shape index (κ3) is 1.89. The highest BCUT2D eigenvalue weighted by molar-refractivity contribution is 5.74. The summed E-state index contributed by atoms with van der Waals surface area (Å²) < 4.78 is 1.99. The van der Waals surface area contributed by atoms with Crippen LogP contribution in [0.4, 0.5) is 0 Å². The maximum Gasteiger partial charge on any atom is 0.307 e. The number of carboxylic acid groups (broad SMARTS) is 1. The molecular formula is C14H17N3O2. The summed E-state index contributed by atoms with van der Waals surface area (Å²) in [7, 11) is 1.94. The number of carboxylic acids is 1. The van der Waals surface area contributed by atoms with Crippen molar-refractivity contribution in [1.82, 2.24) is 14.5 Å². The van der Waals surface area contributed by atoms with Crippen LogP contribution in [0.15, 0.2) is 18.3 Å². The van der Waals surface area contributed by atoms with Gasteiger partial charge in [0.05, 0.1) is 11.4 Å². The molecule has 0 saturated heterocycles. The molecule has 3 rings (SSSR count). The first-order valence-corrected chi connectivity index (χ1v) is 6.58. The number of hydrogen-bond acceptors (Lipinski definition) is 3. The maximum absolute atomic E-state index is 11.4. The molecule has 0 bridgehead atoms. The molecule has 1 saturated carbocycles. The van der Waals surface area contributed by atoms with E-state index in [1.807, 2.05) is 23.7 Å². The van der Waals surface area contributed by atoms with Crippen molar-refractivity contribution in [3.05, 3.63) is 24.2 Å². The van der Waals surface area contributed by atoms with Crippen molar-refractivity contribution in [3.8, 4) is 0 Å². The second-order valence-electron chi connectivity index (χ2n) is 5.50. The van der Waals surface area contributed by atoms with Gasteiger partial charge in [-0.3, -0.25) is 4.79 Å². The highest BCUT2D eigenvalue weighted by atomic mass is 16.4. The van der Waals surface area contributed by atoms with E-state index in [2.05, 4.69) is 16.9 Å². The molecule has 0 spiro atoms. The zero-order valence-corrected chi connectivity index (χ0v) is 11.1. The van der Waals surface area contributed by atoms with Crippen LogP contribution in [0, 0.1) is 11.8 Å². The highest BCUT2D eigenvalue weighted by Crippen LogP contribution is 2.43. The number of pyridine rings is 1. The van der Waals surface area contributed by atoms with Gasteiger partial charge in [0.15, 0.2) is 5.65 Å². The zero-order valence-electron chi connectivity index (χ0n) is 11.1. The maximum atomic E-state index is 11.4. The number of nitrogens with zero attached hydrogens (tertiary/aromatic N) is 3. The number of aliphatic carboxylic acids is 1. The number of aromatic nitrogens is 3. The van der Waals surface area contributed by atoms with Gasteiger partial charge < -0.3 is 9.67 Å². The van der Waals surface area contributed by atoms with Crippen molar-refractivity contribution >= 4 is 17.1 Å². The fraction of sp³-hybridized carbons (Fsp3) is 0.500. The van der Waals surface area contributed by atoms with Crippen LogP contribution in [-0.4, -0.2) is 25.6 Å². The Morgan fingerprint density at radius 2 is 2.26 bits per heavy atom. The fourth-order valence-electron chi connectivity index (χ4n) is 3.23. The standard InChI is InChI=1S/C14H17N3O2/c1-8-6-9(10(7-8)14(18)19)13-16-12-11(17(13)2)4-3-5-15-12/h3-5,8-10H,6-7H2,1-2H3,(H,18,19). The molecule has 2 heterocycles. The molecule has 19 heavy (non-hydrogen) atoms. The van der Waals surface area contributed by atoms with Crippen molar-refractivity contribution in [1.29, 1.82) is 0 Å². The van der Waals surface area contributed by atoms with Gasteiger partial charge in [0.1, 0.15) is 5.82 Å². The summed E-state index contributed by atoms with van der Waals surface area (Å²) in [5, 5.41) is 9.38. The lowest BCUT2D eigenvalue weighted by Crippen LogP contribution is -2.19. The highest BCUT2D eigenvalue weighted by Gasteiger charge is 2.40. The Kier molecular flexibility index (Phi) is 2.77. The Morgan fingerprint density at radius 3 is 2.95 bits per heavy atom. The van der Waals surface area contributed by atoms with Crippen molar-refractivity contribution < 1.29 is 9.90 Å². The minimum Gasteiger partial charge on any atom is -0.481 e. The number of imidazole rings is 1. The summed E-state index contributed by atoms with van der Waals surface area (Å²) in [4.78, 5) is 20.2. The first kappa shape index (κ1) is 12.1. The lowest BCUT2D eigenvalue weighted by atomic mass is 9.95. The van der Waals surface area contributed by atoms with E-state index >= 15 is 0 Å². The summed E-state index contributed by atoms with van der Waals surface area (Å²) >= 11 is 0. The molecule has 3 unspecified atom stereocenters. The van der Waals surface area contributed by atoms with E-state index in [4.69, 9.17) is 0 Å². The molecule has 0 amide bonds. The van der Waals surface area contributed by atoms with E-state index in [1.54, 1.807) is 6.20 Å². The molecular weight excluding hydrogens is 242 g/mol. The SMILES string of the molecule is CC1CC(C(=O)O)C(c2nc3ncccc3n2C)C1. The van der Waals surface area contributed by atoms with Gasteiger partial charge in [-0.05, 0) is 30.9 Å². The summed E-state index contributed by atoms with van der Waals surface area (Å²) in [6.07, 6.45) is 3.33. The average Bonchev–Trinajstić information content (AvgIpc) is 2.91.